The summed E-state index contributed by atoms with van der Waals surface area (Å²) in [7, 11) is -0.959. The van der Waals surface area contributed by atoms with E-state index in [1.54, 1.807) is 11.3 Å². The topological polar surface area (TPSA) is 53.8 Å². The normalized spacial score (nSPS) is 11.7. The van der Waals surface area contributed by atoms with Crippen molar-refractivity contribution in [3.63, 3.8) is 0 Å². The Balaban J connectivity index is 1.58. The van der Waals surface area contributed by atoms with Gasteiger partial charge in [0.25, 0.3) is 0 Å². The van der Waals surface area contributed by atoms with Gasteiger partial charge in [-0.15, -0.1) is 23.1 Å². The highest BCUT2D eigenvalue weighted by Crippen LogP contribution is 2.35. The molecule has 0 spiro atoms. The van der Waals surface area contributed by atoms with Crippen molar-refractivity contribution in [3.8, 4) is 27.8 Å². The van der Waals surface area contributed by atoms with E-state index in [-0.39, 0.29) is 0 Å². The molecule has 0 bridgehead atoms. The van der Waals surface area contributed by atoms with Gasteiger partial charge < -0.3 is 0 Å². The highest BCUT2D eigenvalue weighted by Gasteiger charge is 2.16. The maximum atomic E-state index is 12.5. The molecule has 0 aliphatic carbocycles. The van der Waals surface area contributed by atoms with Crippen LogP contribution in [-0.4, -0.2) is 20.7 Å². The largest absolute Gasteiger partial charge is 0.259 e. The summed E-state index contributed by atoms with van der Waals surface area (Å²) < 4.78 is 12.5. The summed E-state index contributed by atoms with van der Waals surface area (Å²) in [5.74, 6) is 1.74. The first-order chi connectivity index (χ1) is 15.2. The number of pyridine rings is 1. The number of hydrogen-bond acceptors (Lipinski definition) is 5. The molecule has 1 atom stereocenters. The Kier molecular flexibility index (Phi) is 7.31. The second-order valence-electron chi connectivity index (χ2n) is 6.81. The monoisotopic (exact) mass is 460 g/mol. The molecule has 4 rings (SSSR count). The summed E-state index contributed by atoms with van der Waals surface area (Å²) in [5, 5.41) is 12.6. The van der Waals surface area contributed by atoms with Crippen molar-refractivity contribution in [1.29, 1.82) is 5.26 Å². The van der Waals surface area contributed by atoms with E-state index in [0.717, 1.165) is 27.3 Å². The smallest absolute Gasteiger partial charge is 0.115 e. The van der Waals surface area contributed by atoms with Crippen LogP contribution in [0.2, 0.25) is 0 Å². The number of thioether (sulfide) groups is 1. The van der Waals surface area contributed by atoms with E-state index >= 15 is 0 Å². The third-order valence-corrected chi connectivity index (χ3v) is 8.12. The number of rotatable bonds is 8. The van der Waals surface area contributed by atoms with Gasteiger partial charge in [-0.1, -0.05) is 66.7 Å². The number of nitrogens with zero attached hydrogens (tertiary/aromatic N) is 2. The van der Waals surface area contributed by atoms with Gasteiger partial charge in [-0.3, -0.25) is 4.21 Å². The van der Waals surface area contributed by atoms with Gasteiger partial charge in [0, 0.05) is 33.6 Å². The molecule has 0 unspecified atom stereocenters. The SMILES string of the molecule is N#Cc1c(-c2ccccc2)cc(-c2cccs2)nc1SCC[S@@](=O)Cc1ccccc1. The van der Waals surface area contributed by atoms with Crippen molar-refractivity contribution in [3.05, 3.63) is 95.4 Å². The Morgan fingerprint density at radius 1 is 1.00 bits per heavy atom. The quantitative estimate of drug-likeness (QED) is 0.286. The minimum absolute atomic E-state index is 0.546. The Labute approximate surface area is 193 Å². The number of hydrogen-bond donors (Lipinski definition) is 0. The molecule has 2 heterocycles. The first kappa shape index (κ1) is 21.5. The van der Waals surface area contributed by atoms with Crippen molar-refractivity contribution in [2.24, 2.45) is 0 Å². The van der Waals surface area contributed by atoms with Gasteiger partial charge in [0.15, 0.2) is 0 Å². The van der Waals surface area contributed by atoms with Crippen LogP contribution in [0.1, 0.15) is 11.1 Å². The van der Waals surface area contributed by atoms with Crippen molar-refractivity contribution < 1.29 is 4.21 Å². The first-order valence-electron chi connectivity index (χ1n) is 9.81. The van der Waals surface area contributed by atoms with Crippen molar-refractivity contribution in [1.82, 2.24) is 4.98 Å². The third kappa shape index (κ3) is 5.50. The number of aromatic nitrogens is 1. The molecule has 31 heavy (non-hydrogen) atoms. The number of thiophene rings is 1. The Morgan fingerprint density at radius 2 is 1.74 bits per heavy atom. The van der Waals surface area contributed by atoms with E-state index in [9.17, 15) is 9.47 Å². The van der Waals surface area contributed by atoms with Crippen molar-refractivity contribution in [2.75, 3.05) is 11.5 Å². The Bertz CT molecular complexity index is 1200. The van der Waals surface area contributed by atoms with Crippen LogP contribution in [0.5, 0.6) is 0 Å². The van der Waals surface area contributed by atoms with Crippen LogP contribution in [0, 0.1) is 11.3 Å². The van der Waals surface area contributed by atoms with Crippen molar-refractivity contribution in [2.45, 2.75) is 10.8 Å². The molecule has 154 valence electrons. The Morgan fingerprint density at radius 3 is 2.42 bits per heavy atom. The zero-order valence-electron chi connectivity index (χ0n) is 16.7. The van der Waals surface area contributed by atoms with E-state index in [0.29, 0.717) is 27.8 Å². The first-order valence-corrected chi connectivity index (χ1v) is 13.2. The standard InChI is InChI=1S/C25H20N2OS3/c26-17-22-21(20-10-5-2-6-11-20)16-23(24-12-7-13-29-24)27-25(22)30-14-15-31(28)18-19-8-3-1-4-9-19/h1-13,16H,14-15,18H2/t31-/m1/s1. The fourth-order valence-electron chi connectivity index (χ4n) is 3.19. The molecule has 4 aromatic rings. The average Bonchev–Trinajstić information content (AvgIpc) is 3.35. The van der Waals surface area contributed by atoms with Crippen LogP contribution in [-0.2, 0) is 16.6 Å². The average molecular weight is 461 g/mol. The van der Waals surface area contributed by atoms with Crippen LogP contribution in [0.3, 0.4) is 0 Å². The lowest BCUT2D eigenvalue weighted by molar-refractivity contribution is 0.683. The summed E-state index contributed by atoms with van der Waals surface area (Å²) in [5.41, 5.74) is 4.39. The predicted molar refractivity (Wildman–Crippen MR) is 132 cm³/mol. The lowest BCUT2D eigenvalue weighted by atomic mass is 10.0. The van der Waals surface area contributed by atoms with Crippen LogP contribution in [0.4, 0.5) is 0 Å². The molecule has 0 amide bonds. The molecular formula is C25H20N2OS3. The summed E-state index contributed by atoms with van der Waals surface area (Å²) >= 11 is 3.14. The molecule has 0 fully saturated rings. The van der Waals surface area contributed by atoms with Crippen LogP contribution < -0.4 is 0 Å². The highest BCUT2D eigenvalue weighted by molar-refractivity contribution is 8.00. The molecule has 0 saturated heterocycles. The lowest BCUT2D eigenvalue weighted by Gasteiger charge is -2.12. The zero-order valence-corrected chi connectivity index (χ0v) is 19.2. The molecule has 0 N–H and O–H groups in total. The molecule has 2 aromatic heterocycles. The maximum Gasteiger partial charge on any atom is 0.115 e. The van der Waals surface area contributed by atoms with Crippen LogP contribution in [0.15, 0.2) is 89.3 Å². The molecule has 0 saturated carbocycles. The molecule has 2 aromatic carbocycles. The van der Waals surface area contributed by atoms with Crippen molar-refractivity contribution >= 4 is 33.9 Å². The van der Waals surface area contributed by atoms with E-state index in [1.165, 1.54) is 11.8 Å². The fourth-order valence-corrected chi connectivity index (χ4v) is 6.32. The number of nitriles is 1. The highest BCUT2D eigenvalue weighted by atomic mass is 32.2. The molecule has 0 aliphatic heterocycles. The predicted octanol–water partition coefficient (Wildman–Crippen LogP) is 6.39. The zero-order chi connectivity index (χ0) is 21.5. The molecular weight excluding hydrogens is 440 g/mol. The van der Waals surface area contributed by atoms with Gasteiger partial charge in [0.1, 0.15) is 11.1 Å². The Hall–Kier alpha value is -2.72. The summed E-state index contributed by atoms with van der Waals surface area (Å²) in [6.07, 6.45) is 0. The minimum Gasteiger partial charge on any atom is -0.259 e. The van der Waals surface area contributed by atoms with Gasteiger partial charge >= 0.3 is 0 Å². The fraction of sp³-hybridized carbons (Fsp3) is 0.120. The van der Waals surface area contributed by atoms with Gasteiger partial charge in [-0.2, -0.15) is 5.26 Å². The summed E-state index contributed by atoms with van der Waals surface area (Å²) in [4.78, 5) is 5.87. The van der Waals surface area contributed by atoms with Crippen LogP contribution >= 0.6 is 23.1 Å². The lowest BCUT2D eigenvalue weighted by Crippen LogP contribution is -2.04. The van der Waals surface area contributed by atoms with Gasteiger partial charge in [-0.25, -0.2) is 4.98 Å². The summed E-state index contributed by atoms with van der Waals surface area (Å²) in [6.45, 7) is 0. The molecule has 6 heteroatoms. The van der Waals surface area contributed by atoms with E-state index < -0.39 is 10.8 Å². The van der Waals surface area contributed by atoms with Gasteiger partial charge in [-0.05, 0) is 28.6 Å². The van der Waals surface area contributed by atoms with Gasteiger partial charge in [0.2, 0.25) is 0 Å². The molecule has 0 radical (unpaired) electrons. The minimum atomic E-state index is -0.959. The third-order valence-electron chi connectivity index (χ3n) is 4.68. The van der Waals surface area contributed by atoms with E-state index in [2.05, 4.69) is 6.07 Å². The molecule has 3 nitrogen and oxygen atoms in total. The second kappa shape index (κ2) is 10.5. The second-order valence-corrected chi connectivity index (χ2v) is 10.4. The van der Waals surface area contributed by atoms with Gasteiger partial charge in [0.05, 0.1) is 16.1 Å². The molecule has 0 aliphatic rings. The van der Waals surface area contributed by atoms with Crippen LogP contribution in [0.25, 0.3) is 21.7 Å². The van der Waals surface area contributed by atoms with E-state index in [1.807, 2.05) is 84.2 Å². The van der Waals surface area contributed by atoms with E-state index in [4.69, 9.17) is 4.98 Å². The summed E-state index contributed by atoms with van der Waals surface area (Å²) in [6, 6.07) is 28.2. The maximum absolute atomic E-state index is 12.5. The number of benzene rings is 2.